The van der Waals surface area contributed by atoms with Gasteiger partial charge in [-0.15, -0.1) is 0 Å². The Morgan fingerprint density at radius 3 is 2.75 bits per heavy atom. The Bertz CT molecular complexity index is 257. The number of hydrogen-bond acceptors (Lipinski definition) is 4. The van der Waals surface area contributed by atoms with Crippen molar-refractivity contribution in [1.82, 2.24) is 10.6 Å². The Balaban J connectivity index is 2.59. The van der Waals surface area contributed by atoms with Crippen LogP contribution in [0.25, 0.3) is 0 Å². The molecule has 6 nitrogen and oxygen atoms in total. The number of carbonyl (C=O) groups excluding carboxylic acids is 2. The minimum absolute atomic E-state index is 0.0400. The SMILES string of the molecule is N#CCC(N)C1NC(=O)NC1=O. The molecule has 4 N–H and O–H groups in total. The van der Waals surface area contributed by atoms with E-state index < -0.39 is 24.0 Å². The van der Waals surface area contributed by atoms with Crippen LogP contribution < -0.4 is 16.4 Å². The highest BCUT2D eigenvalue weighted by Gasteiger charge is 2.33. The normalized spacial score (nSPS) is 24.2. The predicted octanol–water partition coefficient (Wildman–Crippen LogP) is -1.56. The van der Waals surface area contributed by atoms with Crippen LogP contribution in [-0.4, -0.2) is 24.0 Å². The van der Waals surface area contributed by atoms with Gasteiger partial charge in [-0.25, -0.2) is 4.79 Å². The zero-order chi connectivity index (χ0) is 9.14. The van der Waals surface area contributed by atoms with Crippen LogP contribution in [0.3, 0.4) is 0 Å². The van der Waals surface area contributed by atoms with Gasteiger partial charge in [0.25, 0.3) is 5.91 Å². The molecule has 1 heterocycles. The summed E-state index contributed by atoms with van der Waals surface area (Å²) in [5.74, 6) is -0.470. The van der Waals surface area contributed by atoms with Crippen LogP contribution in [0.4, 0.5) is 4.79 Å². The monoisotopic (exact) mass is 168 g/mol. The lowest BCUT2D eigenvalue weighted by Gasteiger charge is -2.12. The number of hydrogen-bond donors (Lipinski definition) is 3. The van der Waals surface area contributed by atoms with Crippen molar-refractivity contribution >= 4 is 11.9 Å². The average Bonchev–Trinajstić information content (AvgIpc) is 2.30. The number of rotatable bonds is 2. The van der Waals surface area contributed by atoms with Gasteiger partial charge in [-0.3, -0.25) is 10.1 Å². The third-order valence-electron chi connectivity index (χ3n) is 1.56. The number of nitrogens with zero attached hydrogens (tertiary/aromatic N) is 1. The third-order valence-corrected chi connectivity index (χ3v) is 1.56. The second-order valence-corrected chi connectivity index (χ2v) is 2.47. The van der Waals surface area contributed by atoms with E-state index in [1.54, 1.807) is 0 Å². The molecule has 64 valence electrons. The summed E-state index contributed by atoms with van der Waals surface area (Å²) < 4.78 is 0. The largest absolute Gasteiger partial charge is 0.325 e. The molecule has 1 saturated heterocycles. The maximum absolute atomic E-state index is 10.9. The van der Waals surface area contributed by atoms with Gasteiger partial charge < -0.3 is 11.1 Å². The van der Waals surface area contributed by atoms with Crippen molar-refractivity contribution in [2.24, 2.45) is 5.73 Å². The van der Waals surface area contributed by atoms with Crippen LogP contribution in [0, 0.1) is 11.3 Å². The highest BCUT2D eigenvalue weighted by Crippen LogP contribution is 2.00. The van der Waals surface area contributed by atoms with E-state index >= 15 is 0 Å². The number of nitrogens with one attached hydrogen (secondary N) is 2. The molecule has 0 aromatic heterocycles. The lowest BCUT2D eigenvalue weighted by Crippen LogP contribution is -2.45. The predicted molar refractivity (Wildman–Crippen MR) is 38.7 cm³/mol. The van der Waals surface area contributed by atoms with Gasteiger partial charge in [-0.05, 0) is 0 Å². The molecule has 2 unspecified atom stereocenters. The zero-order valence-electron chi connectivity index (χ0n) is 6.20. The van der Waals surface area contributed by atoms with E-state index in [1.807, 2.05) is 11.4 Å². The van der Waals surface area contributed by atoms with E-state index in [1.165, 1.54) is 0 Å². The first kappa shape index (κ1) is 8.49. The molecule has 0 radical (unpaired) electrons. The molecule has 1 rings (SSSR count). The molecule has 0 aromatic carbocycles. The van der Waals surface area contributed by atoms with Gasteiger partial charge in [-0.1, -0.05) is 0 Å². The highest BCUT2D eigenvalue weighted by atomic mass is 16.2. The lowest BCUT2D eigenvalue weighted by molar-refractivity contribution is -0.120. The summed E-state index contributed by atoms with van der Waals surface area (Å²) in [6, 6.07) is -0.138. The van der Waals surface area contributed by atoms with Crippen molar-refractivity contribution in [2.45, 2.75) is 18.5 Å². The second-order valence-electron chi connectivity index (χ2n) is 2.47. The maximum atomic E-state index is 10.9. The van der Waals surface area contributed by atoms with E-state index in [0.29, 0.717) is 0 Å². The highest BCUT2D eigenvalue weighted by molar-refractivity contribution is 6.04. The summed E-state index contributed by atoms with van der Waals surface area (Å²) in [6.45, 7) is 0. The van der Waals surface area contributed by atoms with E-state index in [9.17, 15) is 9.59 Å². The Morgan fingerprint density at radius 1 is 1.67 bits per heavy atom. The summed E-state index contributed by atoms with van der Waals surface area (Å²) >= 11 is 0. The standard InChI is InChI=1S/C6H8N4O2/c7-2-1-3(8)4-5(11)10-6(12)9-4/h3-4H,1,8H2,(H2,9,10,11,12). The van der Waals surface area contributed by atoms with Gasteiger partial charge in [0.05, 0.1) is 12.5 Å². The van der Waals surface area contributed by atoms with Crippen molar-refractivity contribution in [1.29, 1.82) is 5.26 Å². The smallest absolute Gasteiger partial charge is 0.322 e. The van der Waals surface area contributed by atoms with Crippen LogP contribution in [0.15, 0.2) is 0 Å². The number of urea groups is 1. The number of carbonyl (C=O) groups is 2. The van der Waals surface area contributed by atoms with E-state index in [4.69, 9.17) is 11.0 Å². The second kappa shape index (κ2) is 3.19. The van der Waals surface area contributed by atoms with E-state index in [2.05, 4.69) is 5.32 Å². The molecule has 12 heavy (non-hydrogen) atoms. The molecule has 1 aliphatic rings. The fraction of sp³-hybridized carbons (Fsp3) is 0.500. The molecule has 6 heteroatoms. The van der Waals surface area contributed by atoms with Crippen LogP contribution in [0.1, 0.15) is 6.42 Å². The van der Waals surface area contributed by atoms with Gasteiger partial charge in [0.2, 0.25) is 0 Å². The Kier molecular flexibility index (Phi) is 2.26. The Hall–Kier alpha value is -1.61. The molecular formula is C6H8N4O2. The van der Waals surface area contributed by atoms with Crippen LogP contribution in [-0.2, 0) is 4.79 Å². The van der Waals surface area contributed by atoms with Crippen LogP contribution in [0.2, 0.25) is 0 Å². The first-order chi connectivity index (χ1) is 5.65. The third kappa shape index (κ3) is 1.52. The Morgan fingerprint density at radius 2 is 2.33 bits per heavy atom. The summed E-state index contributed by atoms with van der Waals surface area (Å²) in [5, 5.41) is 12.6. The molecular weight excluding hydrogens is 160 g/mol. The first-order valence-electron chi connectivity index (χ1n) is 3.39. The first-order valence-corrected chi connectivity index (χ1v) is 3.39. The van der Waals surface area contributed by atoms with Gasteiger partial charge in [0.15, 0.2) is 0 Å². The summed E-state index contributed by atoms with van der Waals surface area (Å²) in [6.07, 6.45) is 0.0400. The molecule has 0 spiro atoms. The molecule has 0 saturated carbocycles. The van der Waals surface area contributed by atoms with Crippen molar-refractivity contribution in [2.75, 3.05) is 0 Å². The lowest BCUT2D eigenvalue weighted by atomic mass is 10.1. The minimum Gasteiger partial charge on any atom is -0.325 e. The number of amides is 3. The molecule has 1 fully saturated rings. The number of imide groups is 1. The quantitative estimate of drug-likeness (QED) is 0.433. The van der Waals surface area contributed by atoms with Crippen LogP contribution in [0.5, 0.6) is 0 Å². The van der Waals surface area contributed by atoms with Crippen molar-refractivity contribution in [3.63, 3.8) is 0 Å². The van der Waals surface area contributed by atoms with Gasteiger partial charge in [0.1, 0.15) is 6.04 Å². The average molecular weight is 168 g/mol. The van der Waals surface area contributed by atoms with Crippen molar-refractivity contribution in [3.05, 3.63) is 0 Å². The molecule has 0 aromatic rings. The van der Waals surface area contributed by atoms with E-state index in [-0.39, 0.29) is 6.42 Å². The number of nitriles is 1. The summed E-state index contributed by atoms with van der Waals surface area (Å²) in [7, 11) is 0. The zero-order valence-corrected chi connectivity index (χ0v) is 6.20. The van der Waals surface area contributed by atoms with E-state index in [0.717, 1.165) is 0 Å². The molecule has 3 amide bonds. The number of nitrogens with two attached hydrogens (primary N) is 1. The van der Waals surface area contributed by atoms with Crippen LogP contribution >= 0.6 is 0 Å². The van der Waals surface area contributed by atoms with Gasteiger partial charge in [0, 0.05) is 6.04 Å². The van der Waals surface area contributed by atoms with Crippen molar-refractivity contribution in [3.8, 4) is 6.07 Å². The van der Waals surface area contributed by atoms with Crippen molar-refractivity contribution < 1.29 is 9.59 Å². The fourth-order valence-electron chi connectivity index (χ4n) is 0.957. The fourth-order valence-corrected chi connectivity index (χ4v) is 0.957. The topological polar surface area (TPSA) is 108 Å². The van der Waals surface area contributed by atoms with Gasteiger partial charge in [-0.2, -0.15) is 5.26 Å². The molecule has 2 atom stereocenters. The summed E-state index contributed by atoms with van der Waals surface area (Å²) in [4.78, 5) is 21.5. The minimum atomic E-state index is -0.767. The van der Waals surface area contributed by atoms with Gasteiger partial charge >= 0.3 is 6.03 Å². The summed E-state index contributed by atoms with van der Waals surface area (Å²) in [5.41, 5.74) is 5.44. The molecule has 0 aliphatic carbocycles. The Labute approximate surface area is 68.7 Å². The molecule has 1 aliphatic heterocycles. The maximum Gasteiger partial charge on any atom is 0.322 e. The molecule has 0 bridgehead atoms.